The van der Waals surface area contributed by atoms with Gasteiger partial charge in [-0.25, -0.2) is 4.79 Å². The van der Waals surface area contributed by atoms with E-state index in [1.807, 2.05) is 6.26 Å². The van der Waals surface area contributed by atoms with Crippen LogP contribution in [0.3, 0.4) is 0 Å². The van der Waals surface area contributed by atoms with E-state index in [4.69, 9.17) is 5.11 Å². The van der Waals surface area contributed by atoms with Gasteiger partial charge in [0.1, 0.15) is 6.04 Å². The van der Waals surface area contributed by atoms with Crippen LogP contribution >= 0.6 is 11.8 Å². The number of carbonyl (C=O) groups excluding carboxylic acids is 1. The standard InChI is InChI=1S/C8H15NO3S/c1-6(10)9(2)7(8(11)12)4-5-13-3/h7H,4-5H2,1-3H3,(H,11,12)/t7-/m0/s1. The summed E-state index contributed by atoms with van der Waals surface area (Å²) in [6.45, 7) is 1.37. The molecule has 0 saturated carbocycles. The molecule has 0 saturated heterocycles. The molecule has 0 unspecified atom stereocenters. The fraction of sp³-hybridized carbons (Fsp3) is 0.750. The van der Waals surface area contributed by atoms with Crippen LogP contribution < -0.4 is 0 Å². The van der Waals surface area contributed by atoms with E-state index in [1.165, 1.54) is 18.9 Å². The second-order valence-electron chi connectivity index (χ2n) is 2.77. The van der Waals surface area contributed by atoms with Gasteiger partial charge in [-0.3, -0.25) is 4.79 Å². The van der Waals surface area contributed by atoms with E-state index in [0.29, 0.717) is 6.42 Å². The highest BCUT2D eigenvalue weighted by atomic mass is 32.2. The van der Waals surface area contributed by atoms with Crippen LogP contribution in [-0.4, -0.2) is 47.0 Å². The van der Waals surface area contributed by atoms with Crippen molar-refractivity contribution in [1.82, 2.24) is 4.90 Å². The molecule has 0 bridgehead atoms. The highest BCUT2D eigenvalue weighted by Crippen LogP contribution is 2.07. The molecule has 76 valence electrons. The molecule has 0 radical (unpaired) electrons. The van der Waals surface area contributed by atoms with E-state index >= 15 is 0 Å². The van der Waals surface area contributed by atoms with Gasteiger partial charge in [0.2, 0.25) is 5.91 Å². The van der Waals surface area contributed by atoms with Crippen molar-refractivity contribution in [3.8, 4) is 0 Å². The summed E-state index contributed by atoms with van der Waals surface area (Å²) in [6, 6.07) is -0.690. The van der Waals surface area contributed by atoms with Gasteiger partial charge in [0.15, 0.2) is 0 Å². The third-order valence-electron chi connectivity index (χ3n) is 1.84. The Balaban J connectivity index is 4.24. The van der Waals surface area contributed by atoms with Crippen molar-refractivity contribution in [2.75, 3.05) is 19.1 Å². The second-order valence-corrected chi connectivity index (χ2v) is 3.75. The molecular formula is C8H15NO3S. The summed E-state index contributed by atoms with van der Waals surface area (Å²) in [5, 5.41) is 8.82. The zero-order valence-corrected chi connectivity index (χ0v) is 8.93. The second kappa shape index (κ2) is 5.85. The number of hydrogen-bond donors (Lipinski definition) is 1. The van der Waals surface area contributed by atoms with Crippen LogP contribution in [0.15, 0.2) is 0 Å². The molecule has 1 N–H and O–H groups in total. The number of thioether (sulfide) groups is 1. The number of nitrogens with zero attached hydrogens (tertiary/aromatic N) is 1. The first kappa shape index (κ1) is 12.3. The molecule has 0 aromatic carbocycles. The Morgan fingerprint density at radius 1 is 1.54 bits per heavy atom. The van der Waals surface area contributed by atoms with Gasteiger partial charge in [0.25, 0.3) is 0 Å². The molecule has 13 heavy (non-hydrogen) atoms. The smallest absolute Gasteiger partial charge is 0.326 e. The topological polar surface area (TPSA) is 57.6 Å². The minimum atomic E-state index is -0.938. The predicted octanol–water partition coefficient (Wildman–Crippen LogP) is 0.671. The SMILES string of the molecule is CSCC[C@@H](C(=O)O)N(C)C(C)=O. The Morgan fingerprint density at radius 3 is 2.38 bits per heavy atom. The van der Waals surface area contributed by atoms with Crippen LogP contribution in [0.1, 0.15) is 13.3 Å². The molecule has 0 aromatic rings. The van der Waals surface area contributed by atoms with Crippen molar-refractivity contribution in [1.29, 1.82) is 0 Å². The van der Waals surface area contributed by atoms with Crippen LogP contribution in [-0.2, 0) is 9.59 Å². The van der Waals surface area contributed by atoms with E-state index < -0.39 is 12.0 Å². The van der Waals surface area contributed by atoms with E-state index in [2.05, 4.69) is 0 Å². The Kier molecular flexibility index (Phi) is 5.53. The van der Waals surface area contributed by atoms with Crippen molar-refractivity contribution in [3.63, 3.8) is 0 Å². The number of aliphatic carboxylic acids is 1. The molecular weight excluding hydrogens is 190 g/mol. The third-order valence-corrected chi connectivity index (χ3v) is 2.49. The molecule has 1 atom stereocenters. The monoisotopic (exact) mass is 205 g/mol. The number of likely N-dealkylation sites (N-methyl/N-ethyl adjacent to an activating group) is 1. The van der Waals surface area contributed by atoms with Crippen LogP contribution in [0.5, 0.6) is 0 Å². The van der Waals surface area contributed by atoms with E-state index in [-0.39, 0.29) is 5.91 Å². The van der Waals surface area contributed by atoms with Gasteiger partial charge < -0.3 is 10.0 Å². The Labute approximate surface area is 82.3 Å². The summed E-state index contributed by atoms with van der Waals surface area (Å²) in [5.41, 5.74) is 0. The van der Waals surface area contributed by atoms with E-state index in [1.54, 1.807) is 11.8 Å². The van der Waals surface area contributed by atoms with E-state index in [9.17, 15) is 9.59 Å². The maximum absolute atomic E-state index is 10.9. The number of rotatable bonds is 5. The molecule has 0 heterocycles. The normalized spacial score (nSPS) is 12.2. The largest absolute Gasteiger partial charge is 0.480 e. The molecule has 0 rings (SSSR count). The van der Waals surface area contributed by atoms with Gasteiger partial charge in [0.05, 0.1) is 0 Å². The van der Waals surface area contributed by atoms with Gasteiger partial charge >= 0.3 is 5.97 Å². The number of carboxylic acids is 1. The lowest BCUT2D eigenvalue weighted by atomic mass is 10.2. The van der Waals surface area contributed by atoms with Crippen LogP contribution in [0.2, 0.25) is 0 Å². The van der Waals surface area contributed by atoms with Crippen LogP contribution in [0, 0.1) is 0 Å². The van der Waals surface area contributed by atoms with Gasteiger partial charge in [-0.2, -0.15) is 11.8 Å². The van der Waals surface area contributed by atoms with Crippen molar-refractivity contribution in [3.05, 3.63) is 0 Å². The van der Waals surface area contributed by atoms with Gasteiger partial charge in [-0.1, -0.05) is 0 Å². The maximum Gasteiger partial charge on any atom is 0.326 e. The third kappa shape index (κ3) is 4.17. The lowest BCUT2D eigenvalue weighted by molar-refractivity contribution is -0.148. The first-order chi connectivity index (χ1) is 6.00. The Morgan fingerprint density at radius 2 is 2.08 bits per heavy atom. The average Bonchev–Trinajstić information content (AvgIpc) is 2.04. The fourth-order valence-electron chi connectivity index (χ4n) is 0.932. The summed E-state index contributed by atoms with van der Waals surface area (Å²) in [5.74, 6) is -0.408. The molecule has 0 spiro atoms. The molecule has 4 nitrogen and oxygen atoms in total. The van der Waals surface area contributed by atoms with Crippen molar-refractivity contribution >= 4 is 23.6 Å². The minimum Gasteiger partial charge on any atom is -0.480 e. The molecule has 0 aromatic heterocycles. The highest BCUT2D eigenvalue weighted by Gasteiger charge is 2.23. The Hall–Kier alpha value is -0.710. The fourth-order valence-corrected chi connectivity index (χ4v) is 1.39. The highest BCUT2D eigenvalue weighted by molar-refractivity contribution is 7.98. The predicted molar refractivity (Wildman–Crippen MR) is 52.9 cm³/mol. The zero-order valence-electron chi connectivity index (χ0n) is 8.11. The van der Waals surface area contributed by atoms with Gasteiger partial charge in [-0.15, -0.1) is 0 Å². The molecule has 0 aliphatic carbocycles. The van der Waals surface area contributed by atoms with Crippen molar-refractivity contribution in [2.45, 2.75) is 19.4 Å². The number of amides is 1. The Bertz CT molecular complexity index is 196. The lowest BCUT2D eigenvalue weighted by Crippen LogP contribution is -2.41. The number of carboxylic acid groups (broad SMARTS) is 1. The van der Waals surface area contributed by atoms with Crippen LogP contribution in [0.25, 0.3) is 0 Å². The number of hydrogen-bond acceptors (Lipinski definition) is 3. The quantitative estimate of drug-likeness (QED) is 0.716. The molecule has 1 amide bonds. The van der Waals surface area contributed by atoms with Crippen LogP contribution in [0.4, 0.5) is 0 Å². The zero-order chi connectivity index (χ0) is 10.4. The lowest BCUT2D eigenvalue weighted by Gasteiger charge is -2.22. The number of carbonyl (C=O) groups is 2. The van der Waals surface area contributed by atoms with E-state index in [0.717, 1.165) is 5.75 Å². The van der Waals surface area contributed by atoms with Crippen molar-refractivity contribution < 1.29 is 14.7 Å². The summed E-state index contributed by atoms with van der Waals surface area (Å²) in [4.78, 5) is 22.9. The molecule has 0 aliphatic rings. The molecule has 0 fully saturated rings. The first-order valence-electron chi connectivity index (χ1n) is 3.95. The summed E-state index contributed by atoms with van der Waals surface area (Å²) >= 11 is 1.58. The minimum absolute atomic E-state index is 0.214. The summed E-state index contributed by atoms with van der Waals surface area (Å²) in [7, 11) is 1.52. The van der Waals surface area contributed by atoms with Crippen molar-refractivity contribution in [2.24, 2.45) is 0 Å². The maximum atomic E-state index is 10.9. The van der Waals surface area contributed by atoms with Gasteiger partial charge in [-0.05, 0) is 18.4 Å². The summed E-state index contributed by atoms with van der Waals surface area (Å²) < 4.78 is 0. The first-order valence-corrected chi connectivity index (χ1v) is 5.35. The molecule has 0 aliphatic heterocycles. The summed E-state index contributed by atoms with van der Waals surface area (Å²) in [6.07, 6.45) is 2.40. The molecule has 5 heteroatoms. The average molecular weight is 205 g/mol. The van der Waals surface area contributed by atoms with Gasteiger partial charge in [0, 0.05) is 14.0 Å².